The molecular formula is C18H22N2S. The molecule has 0 aromatic heterocycles. The van der Waals surface area contributed by atoms with Crippen LogP contribution in [0.3, 0.4) is 0 Å². The Kier molecular flexibility index (Phi) is 5.34. The second kappa shape index (κ2) is 7.23. The summed E-state index contributed by atoms with van der Waals surface area (Å²) in [5.41, 5.74) is 9.63. The highest BCUT2D eigenvalue weighted by Crippen LogP contribution is 2.22. The van der Waals surface area contributed by atoms with Crippen LogP contribution in [0.25, 0.3) is 0 Å². The van der Waals surface area contributed by atoms with Crippen LogP contribution in [0, 0.1) is 6.92 Å². The number of benzene rings is 2. The van der Waals surface area contributed by atoms with Crippen molar-refractivity contribution < 1.29 is 0 Å². The lowest BCUT2D eigenvalue weighted by Gasteiger charge is -2.28. The van der Waals surface area contributed by atoms with E-state index >= 15 is 0 Å². The Morgan fingerprint density at radius 3 is 2.24 bits per heavy atom. The van der Waals surface area contributed by atoms with Gasteiger partial charge in [0.15, 0.2) is 0 Å². The SMILES string of the molecule is CCN(CC(C(N)=S)c1ccccc1)c1ccc(C)cc1. The Labute approximate surface area is 132 Å². The topological polar surface area (TPSA) is 29.3 Å². The summed E-state index contributed by atoms with van der Waals surface area (Å²) >= 11 is 5.29. The van der Waals surface area contributed by atoms with Gasteiger partial charge in [-0.25, -0.2) is 0 Å². The first kappa shape index (κ1) is 15.5. The molecule has 1 atom stereocenters. The monoisotopic (exact) mass is 298 g/mol. The van der Waals surface area contributed by atoms with Gasteiger partial charge < -0.3 is 10.6 Å². The van der Waals surface area contributed by atoms with E-state index in [4.69, 9.17) is 18.0 Å². The molecule has 0 aliphatic rings. The summed E-state index contributed by atoms with van der Waals surface area (Å²) in [5, 5.41) is 0. The summed E-state index contributed by atoms with van der Waals surface area (Å²) in [5.74, 6) is 0.0717. The first-order valence-corrected chi connectivity index (χ1v) is 7.68. The summed E-state index contributed by atoms with van der Waals surface area (Å²) in [6.07, 6.45) is 0. The average Bonchev–Trinajstić information content (AvgIpc) is 2.50. The van der Waals surface area contributed by atoms with Gasteiger partial charge in [-0.15, -0.1) is 0 Å². The highest BCUT2D eigenvalue weighted by molar-refractivity contribution is 7.80. The van der Waals surface area contributed by atoms with E-state index in [1.165, 1.54) is 16.8 Å². The number of nitrogens with two attached hydrogens (primary N) is 1. The second-order valence-electron chi connectivity index (χ2n) is 5.24. The number of nitrogens with zero attached hydrogens (tertiary/aromatic N) is 1. The Bertz CT molecular complexity index is 578. The normalized spacial score (nSPS) is 11.9. The third kappa shape index (κ3) is 4.05. The molecule has 0 aliphatic carbocycles. The van der Waals surface area contributed by atoms with Crippen LogP contribution >= 0.6 is 12.2 Å². The zero-order valence-corrected chi connectivity index (χ0v) is 13.4. The molecule has 0 amide bonds. The minimum atomic E-state index is 0.0717. The van der Waals surface area contributed by atoms with Gasteiger partial charge in [0.2, 0.25) is 0 Å². The molecule has 0 bridgehead atoms. The van der Waals surface area contributed by atoms with Crippen molar-refractivity contribution in [1.29, 1.82) is 0 Å². The number of thiocarbonyl (C=S) groups is 1. The lowest BCUT2D eigenvalue weighted by atomic mass is 9.98. The van der Waals surface area contributed by atoms with Gasteiger partial charge in [0.05, 0.1) is 10.9 Å². The Balaban J connectivity index is 2.22. The maximum absolute atomic E-state index is 5.98. The van der Waals surface area contributed by atoms with Crippen LogP contribution in [0.2, 0.25) is 0 Å². The third-order valence-corrected chi connectivity index (χ3v) is 4.01. The molecule has 0 radical (unpaired) electrons. The third-order valence-electron chi connectivity index (χ3n) is 3.73. The summed E-state index contributed by atoms with van der Waals surface area (Å²) in [7, 11) is 0. The summed E-state index contributed by atoms with van der Waals surface area (Å²) in [6, 6.07) is 18.8. The fourth-order valence-electron chi connectivity index (χ4n) is 2.44. The standard InChI is InChI=1S/C18H22N2S/c1-3-20(16-11-9-14(2)10-12-16)13-17(18(19)21)15-7-5-4-6-8-15/h4-12,17H,3,13H2,1-2H3,(H2,19,21). The summed E-state index contributed by atoms with van der Waals surface area (Å²) in [4.78, 5) is 2.86. The molecule has 0 aliphatic heterocycles. The van der Waals surface area contributed by atoms with Crippen LogP contribution in [-0.4, -0.2) is 18.1 Å². The molecule has 0 fully saturated rings. The van der Waals surface area contributed by atoms with Gasteiger partial charge in [-0.3, -0.25) is 0 Å². The quantitative estimate of drug-likeness (QED) is 0.820. The molecule has 0 saturated heterocycles. The van der Waals surface area contributed by atoms with Crippen molar-refractivity contribution in [2.24, 2.45) is 5.73 Å². The lowest BCUT2D eigenvalue weighted by Crippen LogP contribution is -2.34. The fraction of sp³-hybridized carbons (Fsp3) is 0.278. The smallest absolute Gasteiger partial charge is 0.0821 e. The number of likely N-dealkylation sites (N-methyl/N-ethyl adjacent to an activating group) is 1. The Morgan fingerprint density at radius 1 is 1.10 bits per heavy atom. The van der Waals surface area contributed by atoms with Crippen LogP contribution in [0.4, 0.5) is 5.69 Å². The molecule has 3 heteroatoms. The number of aryl methyl sites for hydroxylation is 1. The fourth-order valence-corrected chi connectivity index (χ4v) is 2.65. The highest BCUT2D eigenvalue weighted by atomic mass is 32.1. The van der Waals surface area contributed by atoms with Gasteiger partial charge in [0.25, 0.3) is 0 Å². The van der Waals surface area contributed by atoms with Crippen molar-refractivity contribution in [3.05, 3.63) is 65.7 Å². The first-order chi connectivity index (χ1) is 10.1. The largest absolute Gasteiger partial charge is 0.393 e. The molecule has 2 aromatic rings. The maximum atomic E-state index is 5.98. The van der Waals surface area contributed by atoms with Crippen molar-refractivity contribution in [1.82, 2.24) is 0 Å². The van der Waals surface area contributed by atoms with Gasteiger partial charge in [-0.2, -0.15) is 0 Å². The van der Waals surface area contributed by atoms with Crippen LogP contribution in [0.5, 0.6) is 0 Å². The summed E-state index contributed by atoms with van der Waals surface area (Å²) in [6.45, 7) is 5.98. The zero-order valence-electron chi connectivity index (χ0n) is 12.6. The van der Waals surface area contributed by atoms with Crippen molar-refractivity contribution in [2.45, 2.75) is 19.8 Å². The van der Waals surface area contributed by atoms with E-state index < -0.39 is 0 Å². The van der Waals surface area contributed by atoms with Gasteiger partial charge in [0.1, 0.15) is 0 Å². The molecule has 0 spiro atoms. The minimum absolute atomic E-state index is 0.0717. The van der Waals surface area contributed by atoms with E-state index in [0.717, 1.165) is 13.1 Å². The van der Waals surface area contributed by atoms with E-state index in [2.05, 4.69) is 55.1 Å². The van der Waals surface area contributed by atoms with Gasteiger partial charge in [-0.1, -0.05) is 60.2 Å². The number of hydrogen-bond donors (Lipinski definition) is 1. The highest BCUT2D eigenvalue weighted by Gasteiger charge is 2.18. The van der Waals surface area contributed by atoms with Gasteiger partial charge in [0, 0.05) is 18.8 Å². The molecule has 2 nitrogen and oxygen atoms in total. The Hall–Kier alpha value is -1.87. The predicted molar refractivity (Wildman–Crippen MR) is 95.0 cm³/mol. The minimum Gasteiger partial charge on any atom is -0.393 e. The van der Waals surface area contributed by atoms with Crippen molar-refractivity contribution in [3.63, 3.8) is 0 Å². The van der Waals surface area contributed by atoms with E-state index in [9.17, 15) is 0 Å². The molecule has 1 unspecified atom stereocenters. The van der Waals surface area contributed by atoms with Gasteiger partial charge in [-0.05, 0) is 31.5 Å². The van der Waals surface area contributed by atoms with E-state index in [1.54, 1.807) is 0 Å². The lowest BCUT2D eigenvalue weighted by molar-refractivity contribution is 0.773. The number of hydrogen-bond acceptors (Lipinski definition) is 2. The van der Waals surface area contributed by atoms with Crippen LogP contribution < -0.4 is 10.6 Å². The molecule has 21 heavy (non-hydrogen) atoms. The van der Waals surface area contributed by atoms with Crippen molar-refractivity contribution in [2.75, 3.05) is 18.0 Å². The molecular weight excluding hydrogens is 276 g/mol. The molecule has 2 N–H and O–H groups in total. The van der Waals surface area contributed by atoms with Crippen LogP contribution in [0.15, 0.2) is 54.6 Å². The second-order valence-corrected chi connectivity index (χ2v) is 5.71. The van der Waals surface area contributed by atoms with E-state index in [-0.39, 0.29) is 5.92 Å². The average molecular weight is 298 g/mol. The van der Waals surface area contributed by atoms with Gasteiger partial charge >= 0.3 is 0 Å². The maximum Gasteiger partial charge on any atom is 0.0821 e. The molecule has 2 aromatic carbocycles. The number of anilines is 1. The molecule has 0 heterocycles. The van der Waals surface area contributed by atoms with Crippen molar-refractivity contribution in [3.8, 4) is 0 Å². The summed E-state index contributed by atoms with van der Waals surface area (Å²) < 4.78 is 0. The molecule has 0 saturated carbocycles. The van der Waals surface area contributed by atoms with Crippen molar-refractivity contribution >= 4 is 22.9 Å². The molecule has 2 rings (SSSR count). The van der Waals surface area contributed by atoms with E-state index in [1.807, 2.05) is 18.2 Å². The Morgan fingerprint density at radius 2 is 1.71 bits per heavy atom. The first-order valence-electron chi connectivity index (χ1n) is 7.27. The van der Waals surface area contributed by atoms with Crippen LogP contribution in [0.1, 0.15) is 24.0 Å². The zero-order chi connectivity index (χ0) is 15.2. The number of rotatable bonds is 6. The van der Waals surface area contributed by atoms with E-state index in [0.29, 0.717) is 4.99 Å². The molecule has 110 valence electrons. The predicted octanol–water partition coefficient (Wildman–Crippen LogP) is 3.89. The van der Waals surface area contributed by atoms with Crippen LogP contribution in [-0.2, 0) is 0 Å².